The summed E-state index contributed by atoms with van der Waals surface area (Å²) in [5, 5.41) is 12.2. The second kappa shape index (κ2) is 15.8. The van der Waals surface area contributed by atoms with Crippen molar-refractivity contribution in [2.45, 2.75) is 77.4 Å². The van der Waals surface area contributed by atoms with Gasteiger partial charge in [0.25, 0.3) is 0 Å². The molecule has 2 aliphatic rings. The normalized spacial score (nSPS) is 17.7. The summed E-state index contributed by atoms with van der Waals surface area (Å²) in [4.78, 5) is 59.2. The molecule has 0 saturated carbocycles. The maximum atomic E-state index is 13.9. The van der Waals surface area contributed by atoms with Gasteiger partial charge in [0.05, 0.1) is 31.1 Å². The zero-order valence-corrected chi connectivity index (χ0v) is 27.6. The number of nitrogens with zero attached hydrogens (tertiary/aromatic N) is 4. The smallest absolute Gasteiger partial charge is 0.410 e. The lowest BCUT2D eigenvalue weighted by molar-refractivity contribution is -0.141. The third kappa shape index (κ3) is 9.98. The molecule has 1 aromatic heterocycles. The zero-order valence-electron chi connectivity index (χ0n) is 27.6. The number of carbonyl (C=O) groups is 4. The molecular weight excluding hydrogens is 604 g/mol. The van der Waals surface area contributed by atoms with Crippen molar-refractivity contribution in [3.63, 3.8) is 0 Å². The van der Waals surface area contributed by atoms with Gasteiger partial charge in [-0.1, -0.05) is 6.07 Å². The van der Waals surface area contributed by atoms with Gasteiger partial charge < -0.3 is 24.6 Å². The van der Waals surface area contributed by atoms with Crippen LogP contribution < -0.4 is 5.32 Å². The largest absolute Gasteiger partial charge is 0.469 e. The Bertz CT molecular complexity index is 1490. The number of benzene rings is 1. The summed E-state index contributed by atoms with van der Waals surface area (Å²) in [6, 6.07) is 6.98. The number of amides is 3. The van der Waals surface area contributed by atoms with E-state index in [1.54, 1.807) is 28.3 Å². The first-order valence-corrected chi connectivity index (χ1v) is 16.1. The SMILES string of the molecule is COC(=O)CC(NC(=O)[C@@H]1CCCN(C(=O)CCC2CCN(C(=O)OC(C)(C)C)CC2)C1)c1cncc(-c2ccc([18F])c(C#N)c2)c1. The summed E-state index contributed by atoms with van der Waals surface area (Å²) in [6.07, 6.45) is 6.69. The molecule has 2 atom stereocenters. The summed E-state index contributed by atoms with van der Waals surface area (Å²) in [7, 11) is 1.27. The van der Waals surface area contributed by atoms with Gasteiger partial charge in [-0.3, -0.25) is 19.4 Å². The summed E-state index contributed by atoms with van der Waals surface area (Å²) < 4.78 is 24.3. The van der Waals surface area contributed by atoms with E-state index in [0.29, 0.717) is 61.5 Å². The number of likely N-dealkylation sites (tertiary alicyclic amines) is 2. The first kappa shape index (κ1) is 35.3. The first-order valence-electron chi connectivity index (χ1n) is 16.1. The molecule has 0 radical (unpaired) electrons. The Hall–Kier alpha value is -4.53. The Balaban J connectivity index is 1.34. The maximum absolute atomic E-state index is 13.9. The Labute approximate surface area is 275 Å². The molecule has 3 amide bonds. The van der Waals surface area contributed by atoms with Crippen LogP contribution in [0.2, 0.25) is 0 Å². The lowest BCUT2D eigenvalue weighted by atomic mass is 9.91. The van der Waals surface area contributed by atoms with Gasteiger partial charge in [0.15, 0.2) is 0 Å². The second-order valence-corrected chi connectivity index (χ2v) is 13.3. The Morgan fingerprint density at radius 3 is 2.49 bits per heavy atom. The highest BCUT2D eigenvalue weighted by molar-refractivity contribution is 5.82. The van der Waals surface area contributed by atoms with E-state index in [2.05, 4.69) is 10.3 Å². The number of nitrogens with one attached hydrogen (secondary N) is 1. The van der Waals surface area contributed by atoms with E-state index in [9.17, 15) is 28.8 Å². The molecular formula is C35H44FN5O6. The fourth-order valence-electron chi connectivity index (χ4n) is 6.02. The number of hydrogen-bond donors (Lipinski definition) is 1. The Morgan fingerprint density at radius 1 is 1.06 bits per heavy atom. The van der Waals surface area contributed by atoms with Gasteiger partial charge in [0, 0.05) is 50.6 Å². The molecule has 2 aromatic rings. The van der Waals surface area contributed by atoms with Gasteiger partial charge in [-0.2, -0.15) is 5.26 Å². The van der Waals surface area contributed by atoms with Crippen LogP contribution in [0.25, 0.3) is 11.1 Å². The van der Waals surface area contributed by atoms with Crippen molar-refractivity contribution < 1.29 is 33.0 Å². The van der Waals surface area contributed by atoms with Crippen molar-refractivity contribution in [2.75, 3.05) is 33.3 Å². The van der Waals surface area contributed by atoms with E-state index >= 15 is 0 Å². The Morgan fingerprint density at radius 2 is 1.81 bits per heavy atom. The monoisotopic (exact) mass is 648 g/mol. The summed E-state index contributed by atoms with van der Waals surface area (Å²) in [6.45, 7) is 7.63. The summed E-state index contributed by atoms with van der Waals surface area (Å²) in [5.41, 5.74) is 1.06. The Kier molecular flexibility index (Phi) is 11.9. The number of pyridine rings is 1. The molecule has 2 fully saturated rings. The molecule has 0 aliphatic carbocycles. The molecule has 47 heavy (non-hydrogen) atoms. The first-order chi connectivity index (χ1) is 22.4. The van der Waals surface area contributed by atoms with E-state index in [-0.39, 0.29) is 36.4 Å². The molecule has 4 rings (SSSR count). The van der Waals surface area contributed by atoms with Crippen LogP contribution in [0.4, 0.5) is 9.18 Å². The van der Waals surface area contributed by atoms with Crippen molar-refractivity contribution in [3.05, 3.63) is 53.6 Å². The van der Waals surface area contributed by atoms with E-state index in [0.717, 1.165) is 19.3 Å². The fraction of sp³-hybridized carbons (Fsp3) is 0.543. The minimum atomic E-state index is -0.754. The third-order valence-electron chi connectivity index (χ3n) is 8.67. The topological polar surface area (TPSA) is 142 Å². The number of ether oxygens (including phenoxy) is 2. The number of aromatic nitrogens is 1. The van der Waals surface area contributed by atoms with E-state index in [1.807, 2.05) is 26.8 Å². The van der Waals surface area contributed by atoms with Gasteiger partial charge in [-0.05, 0) is 88.1 Å². The van der Waals surface area contributed by atoms with Gasteiger partial charge >= 0.3 is 12.1 Å². The van der Waals surface area contributed by atoms with Crippen molar-refractivity contribution in [1.82, 2.24) is 20.1 Å². The van der Waals surface area contributed by atoms with Gasteiger partial charge in [0.1, 0.15) is 17.5 Å². The van der Waals surface area contributed by atoms with E-state index in [1.165, 1.54) is 25.3 Å². The number of nitriles is 1. The molecule has 1 N–H and O–H groups in total. The van der Waals surface area contributed by atoms with Gasteiger partial charge in [0.2, 0.25) is 11.8 Å². The molecule has 252 valence electrons. The van der Waals surface area contributed by atoms with E-state index < -0.39 is 29.3 Å². The number of hydrogen-bond acceptors (Lipinski definition) is 8. The fourth-order valence-corrected chi connectivity index (χ4v) is 6.02. The lowest BCUT2D eigenvalue weighted by Crippen LogP contribution is -2.46. The standard InChI is InChI=1S/C35H44FN5O6/c1-35(2,3)47-34(45)40-14-11-23(12-15-40)7-10-31(42)41-13-5-6-25(22-41)33(44)39-30(18-32(43)46-4)28-17-27(20-38-21-28)24-8-9-29(36)26(16-24)19-37/h8-9,16-17,20-21,23,25,30H,5-7,10-15,18,22H2,1-4H3,(H,39,44)/t25-,30?/m1/s1/i36-1. The molecule has 0 spiro atoms. The molecule has 2 aliphatic heterocycles. The van der Waals surface area contributed by atoms with Gasteiger partial charge in [-0.15, -0.1) is 0 Å². The van der Waals surface area contributed by atoms with Crippen LogP contribution in [0.1, 0.15) is 82.9 Å². The van der Waals surface area contributed by atoms with Crippen LogP contribution in [0, 0.1) is 29.0 Å². The number of methoxy groups -OCH3 is 1. The minimum absolute atomic E-state index is 0.0103. The predicted molar refractivity (Wildman–Crippen MR) is 171 cm³/mol. The number of rotatable bonds is 9. The molecule has 11 nitrogen and oxygen atoms in total. The lowest BCUT2D eigenvalue weighted by Gasteiger charge is -2.35. The van der Waals surface area contributed by atoms with Crippen LogP contribution in [0.3, 0.4) is 0 Å². The van der Waals surface area contributed by atoms with Crippen LogP contribution in [0.15, 0.2) is 36.7 Å². The van der Waals surface area contributed by atoms with Crippen LogP contribution in [-0.4, -0.2) is 77.6 Å². The highest BCUT2D eigenvalue weighted by Crippen LogP contribution is 2.28. The van der Waals surface area contributed by atoms with Crippen LogP contribution in [-0.2, 0) is 23.9 Å². The second-order valence-electron chi connectivity index (χ2n) is 13.3. The average Bonchev–Trinajstić information content (AvgIpc) is 3.06. The third-order valence-corrected chi connectivity index (χ3v) is 8.67. The zero-order chi connectivity index (χ0) is 34.1. The van der Waals surface area contributed by atoms with Gasteiger partial charge in [-0.25, -0.2) is 9.18 Å². The predicted octanol–water partition coefficient (Wildman–Crippen LogP) is 5.15. The summed E-state index contributed by atoms with van der Waals surface area (Å²) >= 11 is 0. The van der Waals surface area contributed by atoms with Crippen molar-refractivity contribution in [1.29, 1.82) is 5.26 Å². The number of esters is 1. The summed E-state index contributed by atoms with van der Waals surface area (Å²) in [5.74, 6) is -1.52. The van der Waals surface area contributed by atoms with Crippen molar-refractivity contribution >= 4 is 23.9 Å². The maximum Gasteiger partial charge on any atom is 0.410 e. The molecule has 2 saturated heterocycles. The van der Waals surface area contributed by atoms with E-state index in [4.69, 9.17) is 9.47 Å². The number of halogens is 1. The van der Waals surface area contributed by atoms with Crippen LogP contribution >= 0.6 is 0 Å². The molecule has 1 aromatic carbocycles. The highest BCUT2D eigenvalue weighted by Gasteiger charge is 2.32. The number of piperidine rings is 2. The minimum Gasteiger partial charge on any atom is -0.469 e. The highest BCUT2D eigenvalue weighted by atomic mass is 18.2. The average molecular weight is 649 g/mol. The molecule has 1 unspecified atom stereocenters. The molecule has 12 heteroatoms. The van der Waals surface area contributed by atoms with Crippen LogP contribution in [0.5, 0.6) is 0 Å². The van der Waals surface area contributed by atoms with Crippen molar-refractivity contribution in [3.8, 4) is 17.2 Å². The molecule has 0 bridgehead atoms. The number of carbonyl (C=O) groups excluding carboxylic acids is 4. The van der Waals surface area contributed by atoms with Crippen molar-refractivity contribution in [2.24, 2.45) is 11.8 Å². The molecule has 3 heterocycles. The quantitative estimate of drug-likeness (QED) is 0.368.